The topological polar surface area (TPSA) is 70.9 Å². The molecule has 2 rings (SSSR count). The fraction of sp³-hybridized carbons (Fsp3) is 0.357. The van der Waals surface area contributed by atoms with Crippen molar-refractivity contribution < 1.29 is 4.79 Å². The van der Waals surface area contributed by atoms with E-state index in [-0.39, 0.29) is 5.91 Å². The van der Waals surface area contributed by atoms with E-state index in [0.29, 0.717) is 6.42 Å². The third kappa shape index (κ3) is 3.34. The molecule has 0 radical (unpaired) electrons. The second-order valence-electron chi connectivity index (χ2n) is 4.46. The van der Waals surface area contributed by atoms with Gasteiger partial charge in [-0.3, -0.25) is 4.79 Å². The molecule has 0 aliphatic heterocycles. The number of hydrogen-bond acceptors (Lipinski definition) is 2. The largest absolute Gasteiger partial charge is 0.370 e. The van der Waals surface area contributed by atoms with Gasteiger partial charge in [-0.2, -0.15) is 0 Å². The van der Waals surface area contributed by atoms with Crippen LogP contribution >= 0.6 is 0 Å². The highest BCUT2D eigenvalue weighted by atomic mass is 16.1. The number of fused-ring (bicyclic) bond motifs is 1. The summed E-state index contributed by atoms with van der Waals surface area (Å²) in [6.07, 6.45) is 4.28. The Hall–Kier alpha value is -1.81. The average Bonchev–Trinajstić information content (AvgIpc) is 2.82. The quantitative estimate of drug-likeness (QED) is 0.652. The standard InChI is InChI=1S/C14H19N3O/c15-14(18)6-1-2-8-16-10-11-4-3-5-13-12(11)7-9-17-13/h3-5,7,9,16-17H,1-2,6,8,10H2,(H2,15,18). The van der Waals surface area contributed by atoms with Crippen LogP contribution in [-0.4, -0.2) is 17.4 Å². The van der Waals surface area contributed by atoms with Gasteiger partial charge in [-0.25, -0.2) is 0 Å². The lowest BCUT2D eigenvalue weighted by Gasteiger charge is -2.06. The van der Waals surface area contributed by atoms with Gasteiger partial charge in [0.15, 0.2) is 0 Å². The smallest absolute Gasteiger partial charge is 0.217 e. The number of hydrogen-bond donors (Lipinski definition) is 3. The number of rotatable bonds is 7. The number of H-pyrrole nitrogens is 1. The van der Waals surface area contributed by atoms with Crippen molar-refractivity contribution in [2.24, 2.45) is 5.73 Å². The summed E-state index contributed by atoms with van der Waals surface area (Å²) in [4.78, 5) is 13.8. The van der Waals surface area contributed by atoms with E-state index in [2.05, 4.69) is 34.6 Å². The first-order valence-corrected chi connectivity index (χ1v) is 6.31. The molecule has 18 heavy (non-hydrogen) atoms. The number of primary amides is 1. The molecule has 1 aromatic carbocycles. The summed E-state index contributed by atoms with van der Waals surface area (Å²) in [6.45, 7) is 1.76. The van der Waals surface area contributed by atoms with E-state index in [1.165, 1.54) is 16.5 Å². The highest BCUT2D eigenvalue weighted by Crippen LogP contribution is 2.16. The van der Waals surface area contributed by atoms with E-state index in [1.54, 1.807) is 0 Å². The highest BCUT2D eigenvalue weighted by molar-refractivity contribution is 5.82. The summed E-state index contributed by atoms with van der Waals surface area (Å²) in [7, 11) is 0. The molecule has 0 fully saturated rings. The summed E-state index contributed by atoms with van der Waals surface area (Å²) < 4.78 is 0. The maximum atomic E-state index is 10.6. The molecule has 4 N–H and O–H groups in total. The van der Waals surface area contributed by atoms with Gasteiger partial charge in [-0.1, -0.05) is 12.1 Å². The summed E-state index contributed by atoms with van der Waals surface area (Å²) in [6, 6.07) is 8.36. The van der Waals surface area contributed by atoms with E-state index in [4.69, 9.17) is 5.73 Å². The van der Waals surface area contributed by atoms with Crippen LogP contribution in [-0.2, 0) is 11.3 Å². The number of benzene rings is 1. The van der Waals surface area contributed by atoms with Crippen LogP contribution in [0, 0.1) is 0 Å². The van der Waals surface area contributed by atoms with Crippen molar-refractivity contribution in [3.05, 3.63) is 36.0 Å². The predicted molar refractivity (Wildman–Crippen MR) is 73.1 cm³/mol. The molecule has 1 heterocycles. The van der Waals surface area contributed by atoms with Crippen LogP contribution in [0.4, 0.5) is 0 Å². The second-order valence-corrected chi connectivity index (χ2v) is 4.46. The lowest BCUT2D eigenvalue weighted by molar-refractivity contribution is -0.118. The minimum atomic E-state index is -0.216. The fourth-order valence-electron chi connectivity index (χ4n) is 2.08. The van der Waals surface area contributed by atoms with Gasteiger partial charge in [0.2, 0.25) is 5.91 Å². The molecular formula is C14H19N3O. The van der Waals surface area contributed by atoms with Gasteiger partial charge in [0.25, 0.3) is 0 Å². The van der Waals surface area contributed by atoms with Crippen LogP contribution < -0.4 is 11.1 Å². The molecule has 1 aromatic heterocycles. The van der Waals surface area contributed by atoms with Gasteiger partial charge < -0.3 is 16.0 Å². The maximum Gasteiger partial charge on any atom is 0.217 e. The van der Waals surface area contributed by atoms with Crippen LogP contribution in [0.1, 0.15) is 24.8 Å². The summed E-state index contributed by atoms with van der Waals surface area (Å²) in [5.41, 5.74) is 7.55. The molecule has 0 saturated carbocycles. The molecule has 0 atom stereocenters. The third-order valence-electron chi connectivity index (χ3n) is 3.03. The van der Waals surface area contributed by atoms with E-state index in [0.717, 1.165) is 25.9 Å². The number of nitrogens with two attached hydrogens (primary N) is 1. The molecule has 4 heteroatoms. The summed E-state index contributed by atoms with van der Waals surface area (Å²) in [5, 5.41) is 4.66. The lowest BCUT2D eigenvalue weighted by Crippen LogP contribution is -2.16. The molecule has 0 saturated heterocycles. The van der Waals surface area contributed by atoms with Gasteiger partial charge in [0.05, 0.1) is 0 Å². The SMILES string of the molecule is NC(=O)CCCCNCc1cccc2[nH]ccc12. The maximum absolute atomic E-state index is 10.6. The van der Waals surface area contributed by atoms with E-state index >= 15 is 0 Å². The predicted octanol–water partition coefficient (Wildman–Crippen LogP) is 1.91. The van der Waals surface area contributed by atoms with Crippen molar-refractivity contribution in [1.29, 1.82) is 0 Å². The Labute approximate surface area is 107 Å². The molecule has 0 aliphatic rings. The zero-order valence-corrected chi connectivity index (χ0v) is 10.4. The van der Waals surface area contributed by atoms with Crippen molar-refractivity contribution in [2.45, 2.75) is 25.8 Å². The second kappa shape index (κ2) is 6.21. The normalized spacial score (nSPS) is 10.9. The Morgan fingerprint density at radius 1 is 1.28 bits per heavy atom. The van der Waals surface area contributed by atoms with Gasteiger partial charge in [-0.15, -0.1) is 0 Å². The number of unbranched alkanes of at least 4 members (excludes halogenated alkanes) is 1. The average molecular weight is 245 g/mol. The molecule has 2 aromatic rings. The number of carbonyl (C=O) groups excluding carboxylic acids is 1. The van der Waals surface area contributed by atoms with Crippen molar-refractivity contribution in [3.8, 4) is 0 Å². The number of nitrogens with one attached hydrogen (secondary N) is 2. The van der Waals surface area contributed by atoms with Crippen LogP contribution in [0.2, 0.25) is 0 Å². The van der Waals surface area contributed by atoms with Gasteiger partial charge in [-0.05, 0) is 37.1 Å². The zero-order valence-electron chi connectivity index (χ0n) is 10.4. The summed E-state index contributed by atoms with van der Waals surface area (Å²) >= 11 is 0. The Morgan fingerprint density at radius 3 is 3.00 bits per heavy atom. The van der Waals surface area contributed by atoms with Crippen molar-refractivity contribution in [2.75, 3.05) is 6.54 Å². The highest BCUT2D eigenvalue weighted by Gasteiger charge is 2.00. The Balaban J connectivity index is 1.76. The molecule has 0 spiro atoms. The van der Waals surface area contributed by atoms with Gasteiger partial charge in [0, 0.05) is 30.1 Å². The van der Waals surface area contributed by atoms with E-state index in [1.807, 2.05) is 6.20 Å². The van der Waals surface area contributed by atoms with Crippen LogP contribution in [0.15, 0.2) is 30.5 Å². The molecule has 0 aliphatic carbocycles. The first kappa shape index (κ1) is 12.6. The van der Waals surface area contributed by atoms with Gasteiger partial charge >= 0.3 is 0 Å². The Morgan fingerprint density at radius 2 is 2.17 bits per heavy atom. The fourth-order valence-corrected chi connectivity index (χ4v) is 2.08. The van der Waals surface area contributed by atoms with Crippen molar-refractivity contribution in [1.82, 2.24) is 10.3 Å². The number of carbonyl (C=O) groups is 1. The van der Waals surface area contributed by atoms with Gasteiger partial charge in [0.1, 0.15) is 0 Å². The monoisotopic (exact) mass is 245 g/mol. The number of amides is 1. The Kier molecular flexibility index (Phi) is 4.36. The van der Waals surface area contributed by atoms with Crippen molar-refractivity contribution >= 4 is 16.8 Å². The minimum Gasteiger partial charge on any atom is -0.370 e. The zero-order chi connectivity index (χ0) is 12.8. The van der Waals surface area contributed by atoms with Crippen molar-refractivity contribution in [3.63, 3.8) is 0 Å². The van der Waals surface area contributed by atoms with E-state index in [9.17, 15) is 4.79 Å². The van der Waals surface area contributed by atoms with Crippen LogP contribution in [0.5, 0.6) is 0 Å². The lowest BCUT2D eigenvalue weighted by atomic mass is 10.1. The molecule has 96 valence electrons. The molecule has 0 unspecified atom stereocenters. The first-order chi connectivity index (χ1) is 8.77. The van der Waals surface area contributed by atoms with E-state index < -0.39 is 0 Å². The molecular weight excluding hydrogens is 226 g/mol. The summed E-state index contributed by atoms with van der Waals surface area (Å²) in [5.74, 6) is -0.216. The Bertz CT molecular complexity index is 518. The third-order valence-corrected chi connectivity index (χ3v) is 3.03. The number of aromatic amines is 1. The molecule has 4 nitrogen and oxygen atoms in total. The molecule has 0 bridgehead atoms. The number of aromatic nitrogens is 1. The van der Waals surface area contributed by atoms with Crippen LogP contribution in [0.3, 0.4) is 0 Å². The first-order valence-electron chi connectivity index (χ1n) is 6.31. The molecule has 1 amide bonds. The minimum absolute atomic E-state index is 0.216. The van der Waals surface area contributed by atoms with Crippen LogP contribution in [0.25, 0.3) is 10.9 Å².